The molecule has 2 heterocycles. The van der Waals surface area contributed by atoms with Gasteiger partial charge in [0.25, 0.3) is 5.91 Å². The zero-order valence-corrected chi connectivity index (χ0v) is 12.4. The van der Waals surface area contributed by atoms with Crippen molar-refractivity contribution in [2.24, 2.45) is 0 Å². The second-order valence-corrected chi connectivity index (χ2v) is 5.27. The second kappa shape index (κ2) is 5.75. The Morgan fingerprint density at radius 1 is 1.50 bits per heavy atom. The van der Waals surface area contributed by atoms with Crippen molar-refractivity contribution in [3.05, 3.63) is 41.3 Å². The van der Waals surface area contributed by atoms with Crippen LogP contribution in [0.25, 0.3) is 0 Å². The molecule has 7 heteroatoms. The van der Waals surface area contributed by atoms with Crippen LogP contribution < -0.4 is 4.74 Å². The smallest absolute Gasteiger partial charge is 0.254 e. The molecule has 1 aliphatic heterocycles. The van der Waals surface area contributed by atoms with Gasteiger partial charge in [0.05, 0.1) is 13.0 Å². The number of aromatic nitrogens is 2. The summed E-state index contributed by atoms with van der Waals surface area (Å²) >= 11 is 0. The molecule has 1 aliphatic rings. The van der Waals surface area contributed by atoms with E-state index in [4.69, 9.17) is 9.26 Å². The highest BCUT2D eigenvalue weighted by molar-refractivity contribution is 5.94. The molecule has 3 rings (SSSR count). The zero-order valence-electron chi connectivity index (χ0n) is 12.4. The third-order valence-electron chi connectivity index (χ3n) is 3.77. The van der Waals surface area contributed by atoms with E-state index in [-0.39, 0.29) is 17.6 Å². The van der Waals surface area contributed by atoms with Gasteiger partial charge >= 0.3 is 0 Å². The highest BCUT2D eigenvalue weighted by Crippen LogP contribution is 2.28. The van der Waals surface area contributed by atoms with E-state index in [0.717, 1.165) is 6.42 Å². The van der Waals surface area contributed by atoms with Crippen LogP contribution in [0, 0.1) is 12.7 Å². The van der Waals surface area contributed by atoms with Gasteiger partial charge in [0.1, 0.15) is 0 Å². The third-order valence-corrected chi connectivity index (χ3v) is 3.77. The molecule has 1 aromatic carbocycles. The minimum atomic E-state index is -0.486. The summed E-state index contributed by atoms with van der Waals surface area (Å²) in [6.07, 6.45) is 0.770. The molecule has 1 amide bonds. The molecule has 0 N–H and O–H groups in total. The van der Waals surface area contributed by atoms with E-state index in [1.54, 1.807) is 11.8 Å². The van der Waals surface area contributed by atoms with Crippen LogP contribution >= 0.6 is 0 Å². The van der Waals surface area contributed by atoms with Gasteiger partial charge in [-0.05, 0) is 31.5 Å². The lowest BCUT2D eigenvalue weighted by molar-refractivity contribution is 0.0789. The Kier molecular flexibility index (Phi) is 3.79. The lowest BCUT2D eigenvalue weighted by Gasteiger charge is -2.16. The summed E-state index contributed by atoms with van der Waals surface area (Å²) in [7, 11) is 1.37. The number of carbonyl (C=O) groups is 1. The summed E-state index contributed by atoms with van der Waals surface area (Å²) in [5.41, 5.74) is 0.403. The number of benzene rings is 1. The molecular formula is C15H16FN3O3. The molecule has 1 aromatic heterocycles. The average Bonchev–Trinajstić information content (AvgIpc) is 3.15. The van der Waals surface area contributed by atoms with Gasteiger partial charge in [-0.1, -0.05) is 5.16 Å². The van der Waals surface area contributed by atoms with Crippen molar-refractivity contribution in [1.29, 1.82) is 0 Å². The predicted molar refractivity (Wildman–Crippen MR) is 75.2 cm³/mol. The minimum absolute atomic E-state index is 0.0486. The lowest BCUT2D eigenvalue weighted by atomic mass is 10.1. The third kappa shape index (κ3) is 2.66. The number of methoxy groups -OCH3 is 1. The number of carbonyl (C=O) groups excluding carboxylic acids is 1. The Bertz CT molecular complexity index is 701. The number of aryl methyl sites for hydroxylation is 1. The maximum absolute atomic E-state index is 13.4. The number of hydrogen-bond donors (Lipinski definition) is 0. The Hall–Kier alpha value is -2.44. The maximum atomic E-state index is 13.4. The second-order valence-electron chi connectivity index (χ2n) is 5.27. The van der Waals surface area contributed by atoms with Crippen LogP contribution in [0.15, 0.2) is 22.7 Å². The first-order valence-corrected chi connectivity index (χ1v) is 7.01. The monoisotopic (exact) mass is 305 g/mol. The molecule has 1 atom stereocenters. The first-order chi connectivity index (χ1) is 10.6. The lowest BCUT2D eigenvalue weighted by Crippen LogP contribution is -2.28. The Balaban J connectivity index is 1.74. The first-order valence-electron chi connectivity index (χ1n) is 7.01. The Morgan fingerprint density at radius 3 is 3.00 bits per heavy atom. The van der Waals surface area contributed by atoms with E-state index in [9.17, 15) is 9.18 Å². The van der Waals surface area contributed by atoms with Crippen LogP contribution in [0.2, 0.25) is 0 Å². The van der Waals surface area contributed by atoms with Crippen LogP contribution in [-0.2, 0) is 0 Å². The van der Waals surface area contributed by atoms with Crippen LogP contribution in [0.5, 0.6) is 5.75 Å². The number of ether oxygens (including phenoxy) is 1. The van der Waals surface area contributed by atoms with Gasteiger partial charge < -0.3 is 14.2 Å². The van der Waals surface area contributed by atoms with E-state index < -0.39 is 5.82 Å². The number of amides is 1. The molecule has 22 heavy (non-hydrogen) atoms. The molecule has 2 aromatic rings. The molecule has 6 nitrogen and oxygen atoms in total. The van der Waals surface area contributed by atoms with E-state index in [1.165, 1.54) is 25.3 Å². The van der Waals surface area contributed by atoms with Gasteiger partial charge in [0, 0.05) is 18.7 Å². The average molecular weight is 305 g/mol. The molecule has 0 saturated carbocycles. The molecule has 0 unspecified atom stereocenters. The van der Waals surface area contributed by atoms with Crippen LogP contribution in [-0.4, -0.2) is 41.1 Å². The quantitative estimate of drug-likeness (QED) is 0.869. The number of nitrogens with zero attached hydrogens (tertiary/aromatic N) is 3. The fourth-order valence-corrected chi connectivity index (χ4v) is 2.60. The van der Waals surface area contributed by atoms with Gasteiger partial charge in [0.2, 0.25) is 5.89 Å². The molecule has 0 bridgehead atoms. The zero-order chi connectivity index (χ0) is 15.7. The van der Waals surface area contributed by atoms with Crippen LogP contribution in [0.1, 0.15) is 34.4 Å². The van der Waals surface area contributed by atoms with E-state index in [0.29, 0.717) is 30.4 Å². The van der Waals surface area contributed by atoms with Crippen molar-refractivity contribution in [3.8, 4) is 5.75 Å². The Labute approximate surface area is 126 Å². The van der Waals surface area contributed by atoms with Gasteiger partial charge in [0.15, 0.2) is 17.4 Å². The number of halogens is 1. The Morgan fingerprint density at radius 2 is 2.32 bits per heavy atom. The van der Waals surface area contributed by atoms with Gasteiger partial charge in [-0.2, -0.15) is 4.98 Å². The largest absolute Gasteiger partial charge is 0.494 e. The SMILES string of the molecule is COc1cc(C(=O)N2CC[C@@H](c3nc(C)no3)C2)ccc1F. The summed E-state index contributed by atoms with van der Waals surface area (Å²) in [4.78, 5) is 18.4. The fourth-order valence-electron chi connectivity index (χ4n) is 2.60. The molecular weight excluding hydrogens is 289 g/mol. The topological polar surface area (TPSA) is 68.5 Å². The maximum Gasteiger partial charge on any atom is 0.254 e. The molecule has 116 valence electrons. The summed E-state index contributed by atoms with van der Waals surface area (Å²) in [5, 5.41) is 3.77. The minimum Gasteiger partial charge on any atom is -0.494 e. The van der Waals surface area contributed by atoms with Crippen molar-refractivity contribution in [1.82, 2.24) is 15.0 Å². The van der Waals surface area contributed by atoms with Crippen molar-refractivity contribution in [2.45, 2.75) is 19.3 Å². The molecule has 0 aliphatic carbocycles. The number of rotatable bonds is 3. The van der Waals surface area contributed by atoms with Crippen molar-refractivity contribution < 1.29 is 18.4 Å². The van der Waals surface area contributed by atoms with Crippen LogP contribution in [0.3, 0.4) is 0 Å². The van der Waals surface area contributed by atoms with E-state index in [1.807, 2.05) is 0 Å². The number of hydrogen-bond acceptors (Lipinski definition) is 5. The number of likely N-dealkylation sites (tertiary alicyclic amines) is 1. The van der Waals surface area contributed by atoms with Crippen molar-refractivity contribution in [3.63, 3.8) is 0 Å². The standard InChI is InChI=1S/C15H16FN3O3/c1-9-17-14(22-18-9)11-5-6-19(8-11)15(20)10-3-4-12(16)13(7-10)21-2/h3-4,7,11H,5-6,8H2,1-2H3/t11-/m1/s1. The van der Waals surface area contributed by atoms with E-state index >= 15 is 0 Å². The van der Waals surface area contributed by atoms with Crippen LogP contribution in [0.4, 0.5) is 4.39 Å². The molecule has 0 radical (unpaired) electrons. The predicted octanol–water partition coefficient (Wildman–Crippen LogP) is 2.16. The molecule has 1 fully saturated rings. The van der Waals surface area contributed by atoms with Gasteiger partial charge in [-0.15, -0.1) is 0 Å². The van der Waals surface area contributed by atoms with Crippen molar-refractivity contribution >= 4 is 5.91 Å². The van der Waals surface area contributed by atoms with E-state index in [2.05, 4.69) is 10.1 Å². The summed E-state index contributed by atoms with van der Waals surface area (Å²) in [6, 6.07) is 4.12. The van der Waals surface area contributed by atoms with Gasteiger partial charge in [-0.3, -0.25) is 4.79 Å². The summed E-state index contributed by atoms with van der Waals surface area (Å²) < 4.78 is 23.5. The highest BCUT2D eigenvalue weighted by atomic mass is 19.1. The first kappa shape index (κ1) is 14.5. The summed E-state index contributed by atoms with van der Waals surface area (Å²) in [5.74, 6) is 0.617. The highest BCUT2D eigenvalue weighted by Gasteiger charge is 2.31. The fraction of sp³-hybridized carbons (Fsp3) is 0.400. The molecule has 0 spiro atoms. The summed E-state index contributed by atoms with van der Waals surface area (Å²) in [6.45, 7) is 2.88. The van der Waals surface area contributed by atoms with Gasteiger partial charge in [-0.25, -0.2) is 4.39 Å². The van der Waals surface area contributed by atoms with Crippen molar-refractivity contribution in [2.75, 3.05) is 20.2 Å². The normalized spacial score (nSPS) is 17.8. The molecule has 1 saturated heterocycles.